The third kappa shape index (κ3) is 3.15. The summed E-state index contributed by atoms with van der Waals surface area (Å²) in [6, 6.07) is 7.55. The Labute approximate surface area is 204 Å². The lowest BCUT2D eigenvalue weighted by molar-refractivity contribution is -0.0507. The molecule has 4 nitrogen and oxygen atoms in total. The van der Waals surface area contributed by atoms with E-state index in [-0.39, 0.29) is 17.5 Å². The molecule has 6 rings (SSSR count). The minimum Gasteiger partial charge on any atom is -0.458 e. The zero-order valence-corrected chi connectivity index (χ0v) is 20.9. The molecule has 4 fully saturated rings. The molecule has 1 aromatic carbocycles. The van der Waals surface area contributed by atoms with Gasteiger partial charge >= 0.3 is 5.97 Å². The number of hydrogen-bond donors (Lipinski definition) is 0. The van der Waals surface area contributed by atoms with Crippen LogP contribution in [0.1, 0.15) is 75.6 Å². The summed E-state index contributed by atoms with van der Waals surface area (Å²) in [6.45, 7) is 13.4. The van der Waals surface area contributed by atoms with E-state index in [0.29, 0.717) is 16.7 Å². The molecule has 5 aliphatic rings. The second-order valence-corrected chi connectivity index (χ2v) is 12.3. The molecule has 1 spiro atoms. The Morgan fingerprint density at radius 1 is 1.09 bits per heavy atom. The lowest BCUT2D eigenvalue weighted by Gasteiger charge is -2.58. The minimum absolute atomic E-state index is 0.0287. The molecule has 1 aliphatic heterocycles. The van der Waals surface area contributed by atoms with Gasteiger partial charge in [-0.15, -0.1) is 0 Å². The predicted octanol–water partition coefficient (Wildman–Crippen LogP) is 6.66. The quantitative estimate of drug-likeness (QED) is 0.282. The van der Waals surface area contributed by atoms with E-state index < -0.39 is 0 Å². The molecule has 0 amide bonds. The fourth-order valence-electron chi connectivity index (χ4n) is 9.42. The number of carbonyl (C=O) groups is 1. The molecule has 0 bridgehead atoms. The first-order valence-corrected chi connectivity index (χ1v) is 13.4. The molecule has 0 radical (unpaired) electrons. The van der Waals surface area contributed by atoms with Crippen LogP contribution in [0.15, 0.2) is 35.9 Å². The fraction of sp³-hybridized carbons (Fsp3) is 0.667. The van der Waals surface area contributed by atoms with Crippen molar-refractivity contribution in [2.75, 3.05) is 13.6 Å². The average Bonchev–Trinajstić information content (AvgIpc) is 3.33. The van der Waals surface area contributed by atoms with Crippen molar-refractivity contribution in [1.82, 2.24) is 4.90 Å². The molecule has 34 heavy (non-hydrogen) atoms. The van der Waals surface area contributed by atoms with E-state index in [0.717, 1.165) is 49.0 Å². The van der Waals surface area contributed by atoms with Gasteiger partial charge in [0, 0.05) is 19.0 Å². The van der Waals surface area contributed by atoms with Crippen molar-refractivity contribution in [3.05, 3.63) is 52.9 Å². The van der Waals surface area contributed by atoms with Gasteiger partial charge in [0.1, 0.15) is 6.10 Å². The van der Waals surface area contributed by atoms with E-state index in [1.807, 2.05) is 0 Å². The van der Waals surface area contributed by atoms with E-state index in [4.69, 9.17) is 11.3 Å². The van der Waals surface area contributed by atoms with Gasteiger partial charge in [-0.25, -0.2) is 9.64 Å². The Morgan fingerprint density at radius 3 is 2.62 bits per heavy atom. The summed E-state index contributed by atoms with van der Waals surface area (Å²) in [5, 5.41) is 0. The van der Waals surface area contributed by atoms with Gasteiger partial charge in [-0.3, -0.25) is 0 Å². The smallest absolute Gasteiger partial charge is 0.338 e. The number of benzene rings is 1. The molecular weight excluding hydrogens is 420 g/mol. The van der Waals surface area contributed by atoms with Crippen LogP contribution < -0.4 is 0 Å². The number of rotatable bonds is 2. The summed E-state index contributed by atoms with van der Waals surface area (Å²) < 4.78 is 5.97. The maximum Gasteiger partial charge on any atom is 0.338 e. The molecule has 8 atom stereocenters. The van der Waals surface area contributed by atoms with Gasteiger partial charge in [0.15, 0.2) is 5.69 Å². The summed E-state index contributed by atoms with van der Waals surface area (Å²) in [6.07, 6.45) is 12.4. The highest BCUT2D eigenvalue weighted by Gasteiger charge is 2.64. The lowest BCUT2D eigenvalue weighted by Crippen LogP contribution is -2.51. The molecular formula is C30H38N2O2. The first-order chi connectivity index (χ1) is 16.4. The SMILES string of the molecule is [C-]#[N+]c1ccc(C(=O)O[C@H]2CC[C@@]3(C)C(=CC[C@H]4[C@@H]5CC[C@@H]6[C@H](C)N(C)C[C@@]65CC[C@@H]43)C2)cc1. The lowest BCUT2D eigenvalue weighted by atomic mass is 9.47. The Hall–Kier alpha value is -2.12. The first kappa shape index (κ1) is 22.4. The van der Waals surface area contributed by atoms with E-state index in [1.165, 1.54) is 38.6 Å². The van der Waals surface area contributed by atoms with Crippen LogP contribution >= 0.6 is 0 Å². The molecule has 4 aliphatic carbocycles. The fourth-order valence-corrected chi connectivity index (χ4v) is 9.42. The number of hydrogen-bond acceptors (Lipinski definition) is 3. The van der Waals surface area contributed by atoms with Gasteiger partial charge in [0.2, 0.25) is 0 Å². The van der Waals surface area contributed by atoms with Crippen LogP contribution in [0.5, 0.6) is 0 Å². The van der Waals surface area contributed by atoms with Crippen molar-refractivity contribution in [2.24, 2.45) is 34.5 Å². The van der Waals surface area contributed by atoms with Crippen LogP contribution in [-0.4, -0.2) is 36.6 Å². The Bertz CT molecular complexity index is 1050. The van der Waals surface area contributed by atoms with Crippen molar-refractivity contribution in [3.63, 3.8) is 0 Å². The topological polar surface area (TPSA) is 33.9 Å². The molecule has 0 N–H and O–H groups in total. The highest BCUT2D eigenvalue weighted by molar-refractivity contribution is 5.90. The number of carbonyl (C=O) groups excluding carboxylic acids is 1. The van der Waals surface area contributed by atoms with Crippen LogP contribution in [0, 0.1) is 41.1 Å². The normalized spacial score (nSPS) is 43.1. The Morgan fingerprint density at radius 2 is 1.85 bits per heavy atom. The summed E-state index contributed by atoms with van der Waals surface area (Å²) >= 11 is 0. The third-order valence-electron chi connectivity index (χ3n) is 11.2. The van der Waals surface area contributed by atoms with E-state index in [9.17, 15) is 4.79 Å². The van der Waals surface area contributed by atoms with E-state index >= 15 is 0 Å². The van der Waals surface area contributed by atoms with Gasteiger partial charge in [0.05, 0.1) is 12.1 Å². The van der Waals surface area contributed by atoms with Gasteiger partial charge in [-0.2, -0.15) is 0 Å². The zero-order chi connectivity index (χ0) is 23.7. The van der Waals surface area contributed by atoms with Crippen LogP contribution in [-0.2, 0) is 4.74 Å². The number of likely N-dealkylation sites (tertiary alicyclic amines) is 1. The Balaban J connectivity index is 1.18. The second kappa shape index (κ2) is 7.95. The highest BCUT2D eigenvalue weighted by atomic mass is 16.5. The van der Waals surface area contributed by atoms with Crippen molar-refractivity contribution in [1.29, 1.82) is 0 Å². The number of allylic oxidation sites excluding steroid dienone is 1. The number of nitrogens with zero attached hydrogens (tertiary/aromatic N) is 2. The minimum atomic E-state index is -0.254. The molecule has 1 saturated heterocycles. The summed E-state index contributed by atoms with van der Waals surface area (Å²) in [7, 11) is 2.35. The van der Waals surface area contributed by atoms with Crippen LogP contribution in [0.4, 0.5) is 5.69 Å². The Kier molecular flexibility index (Phi) is 5.23. The zero-order valence-electron chi connectivity index (χ0n) is 20.9. The summed E-state index contributed by atoms with van der Waals surface area (Å²) in [4.78, 5) is 18.8. The van der Waals surface area contributed by atoms with Gasteiger partial charge in [-0.05, 0) is 93.4 Å². The van der Waals surface area contributed by atoms with Crippen molar-refractivity contribution < 1.29 is 9.53 Å². The molecule has 0 unspecified atom stereocenters. The second-order valence-electron chi connectivity index (χ2n) is 12.3. The molecule has 180 valence electrons. The standard InChI is InChI=1S/C30H38N2O2/c1-19-25-11-12-27-24-10-7-21-17-23(34-28(33)20-5-8-22(31-3)9-6-20)13-15-29(21,2)26(24)14-16-30(25,27)18-32(19)4/h5-9,19,23-27H,10-18H2,1-2,4H3/t19-,23-,24+,25+,26-,27-,29-,30-/m0/s1. The maximum atomic E-state index is 12.7. The largest absolute Gasteiger partial charge is 0.458 e. The van der Waals surface area contributed by atoms with Crippen LogP contribution in [0.3, 0.4) is 0 Å². The molecule has 3 saturated carbocycles. The van der Waals surface area contributed by atoms with E-state index in [1.54, 1.807) is 29.8 Å². The summed E-state index contributed by atoms with van der Waals surface area (Å²) in [5.74, 6) is 3.18. The highest BCUT2D eigenvalue weighted by Crippen LogP contribution is 2.68. The maximum absolute atomic E-state index is 12.7. The van der Waals surface area contributed by atoms with Gasteiger partial charge in [-0.1, -0.05) is 42.8 Å². The number of fused-ring (bicyclic) bond motifs is 4. The number of ether oxygens (including phenoxy) is 1. The summed E-state index contributed by atoms with van der Waals surface area (Å²) in [5.41, 5.74) is 3.51. The average molecular weight is 459 g/mol. The van der Waals surface area contributed by atoms with Crippen molar-refractivity contribution in [3.8, 4) is 0 Å². The van der Waals surface area contributed by atoms with Crippen LogP contribution in [0.25, 0.3) is 4.85 Å². The molecule has 0 aromatic heterocycles. The predicted molar refractivity (Wildman–Crippen MR) is 134 cm³/mol. The molecule has 4 heteroatoms. The third-order valence-corrected chi connectivity index (χ3v) is 11.2. The monoisotopic (exact) mass is 458 g/mol. The number of esters is 1. The van der Waals surface area contributed by atoms with Gasteiger partial charge < -0.3 is 9.64 Å². The van der Waals surface area contributed by atoms with E-state index in [2.05, 4.69) is 36.7 Å². The van der Waals surface area contributed by atoms with Crippen LogP contribution in [0.2, 0.25) is 0 Å². The first-order valence-electron chi connectivity index (χ1n) is 13.4. The molecule has 1 aromatic rings. The van der Waals surface area contributed by atoms with Gasteiger partial charge in [0.25, 0.3) is 0 Å². The van der Waals surface area contributed by atoms with Crippen molar-refractivity contribution >= 4 is 11.7 Å². The molecule has 1 heterocycles. The van der Waals surface area contributed by atoms with Crippen molar-refractivity contribution in [2.45, 2.75) is 77.4 Å².